The van der Waals surface area contributed by atoms with E-state index in [2.05, 4.69) is 27.7 Å². The van der Waals surface area contributed by atoms with Crippen molar-refractivity contribution in [2.45, 2.75) is 19.4 Å². The summed E-state index contributed by atoms with van der Waals surface area (Å²) >= 11 is 0. The summed E-state index contributed by atoms with van der Waals surface area (Å²) in [6, 6.07) is 13.4. The SMILES string of the molecule is CC(C(=O)O)n1nnnc1Cc1ccc2ccccc2c1. The second kappa shape index (κ2) is 5.32. The van der Waals surface area contributed by atoms with E-state index in [1.165, 1.54) is 10.1 Å². The molecule has 1 N–H and O–H groups in total. The monoisotopic (exact) mass is 282 g/mol. The highest BCUT2D eigenvalue weighted by Gasteiger charge is 2.19. The van der Waals surface area contributed by atoms with Crippen molar-refractivity contribution in [3.05, 3.63) is 53.9 Å². The van der Waals surface area contributed by atoms with E-state index in [0.29, 0.717) is 12.2 Å². The molecule has 3 rings (SSSR count). The van der Waals surface area contributed by atoms with Crippen LogP contribution in [-0.4, -0.2) is 31.3 Å². The van der Waals surface area contributed by atoms with E-state index in [1.807, 2.05) is 30.3 Å². The topological polar surface area (TPSA) is 80.9 Å². The Kier molecular flexibility index (Phi) is 3.35. The minimum absolute atomic E-state index is 0.495. The Morgan fingerprint density at radius 2 is 2.00 bits per heavy atom. The third kappa shape index (κ3) is 2.60. The van der Waals surface area contributed by atoms with Crippen molar-refractivity contribution in [3.8, 4) is 0 Å². The molecule has 0 spiro atoms. The molecular formula is C15H14N4O2. The lowest BCUT2D eigenvalue weighted by molar-refractivity contribution is -0.140. The standard InChI is InChI=1S/C15H14N4O2/c1-10(15(20)21)19-14(16-17-18-19)9-11-6-7-12-4-2-3-5-13(12)8-11/h2-8,10H,9H2,1H3,(H,20,21). The van der Waals surface area contributed by atoms with E-state index in [-0.39, 0.29) is 0 Å². The van der Waals surface area contributed by atoms with Gasteiger partial charge in [-0.1, -0.05) is 42.5 Å². The average molecular weight is 282 g/mol. The van der Waals surface area contributed by atoms with E-state index in [0.717, 1.165) is 10.9 Å². The van der Waals surface area contributed by atoms with Crippen molar-refractivity contribution in [3.63, 3.8) is 0 Å². The van der Waals surface area contributed by atoms with Gasteiger partial charge < -0.3 is 5.11 Å². The van der Waals surface area contributed by atoms with Crippen LogP contribution in [0.1, 0.15) is 24.4 Å². The van der Waals surface area contributed by atoms with Crippen molar-refractivity contribution in [1.82, 2.24) is 20.2 Å². The summed E-state index contributed by atoms with van der Waals surface area (Å²) < 4.78 is 1.34. The number of carbonyl (C=O) groups is 1. The van der Waals surface area contributed by atoms with Crippen molar-refractivity contribution >= 4 is 16.7 Å². The fourth-order valence-electron chi connectivity index (χ4n) is 2.27. The number of hydrogen-bond donors (Lipinski definition) is 1. The molecule has 1 unspecified atom stereocenters. The van der Waals surface area contributed by atoms with Gasteiger partial charge in [-0.25, -0.2) is 9.48 Å². The van der Waals surface area contributed by atoms with Crippen LogP contribution in [0.25, 0.3) is 10.8 Å². The summed E-state index contributed by atoms with van der Waals surface area (Å²) in [4.78, 5) is 11.1. The molecule has 0 bridgehead atoms. The van der Waals surface area contributed by atoms with E-state index < -0.39 is 12.0 Å². The van der Waals surface area contributed by atoms with Crippen LogP contribution in [0.5, 0.6) is 0 Å². The molecule has 6 heteroatoms. The van der Waals surface area contributed by atoms with Crippen LogP contribution in [0.3, 0.4) is 0 Å². The third-order valence-electron chi connectivity index (χ3n) is 3.46. The van der Waals surface area contributed by atoms with Crippen LogP contribution >= 0.6 is 0 Å². The molecule has 0 aliphatic heterocycles. The van der Waals surface area contributed by atoms with Gasteiger partial charge in [-0.3, -0.25) is 0 Å². The van der Waals surface area contributed by atoms with Crippen LogP contribution < -0.4 is 0 Å². The lowest BCUT2D eigenvalue weighted by Crippen LogP contribution is -2.19. The number of tetrazole rings is 1. The van der Waals surface area contributed by atoms with Gasteiger partial charge >= 0.3 is 5.97 Å². The molecule has 1 aromatic heterocycles. The zero-order valence-corrected chi connectivity index (χ0v) is 11.5. The van der Waals surface area contributed by atoms with E-state index in [1.54, 1.807) is 6.92 Å². The number of hydrogen-bond acceptors (Lipinski definition) is 4. The predicted octanol–water partition coefficient (Wildman–Crippen LogP) is 2.06. The number of carboxylic acids is 1. The van der Waals surface area contributed by atoms with Gasteiger partial charge in [0.05, 0.1) is 0 Å². The molecular weight excluding hydrogens is 268 g/mol. The maximum absolute atomic E-state index is 11.1. The number of carboxylic acid groups (broad SMARTS) is 1. The van der Waals surface area contributed by atoms with Gasteiger partial charge in [-0.05, 0) is 33.7 Å². The molecule has 21 heavy (non-hydrogen) atoms. The first-order valence-electron chi connectivity index (χ1n) is 6.62. The number of rotatable bonds is 4. The quantitative estimate of drug-likeness (QED) is 0.792. The van der Waals surface area contributed by atoms with Gasteiger partial charge in [-0.15, -0.1) is 5.10 Å². The fraction of sp³-hybridized carbons (Fsp3) is 0.200. The lowest BCUT2D eigenvalue weighted by Gasteiger charge is -2.09. The van der Waals surface area contributed by atoms with Gasteiger partial charge in [0, 0.05) is 6.42 Å². The average Bonchev–Trinajstić information content (AvgIpc) is 2.94. The van der Waals surface area contributed by atoms with E-state index in [4.69, 9.17) is 5.11 Å². The Labute approximate surface area is 121 Å². The van der Waals surface area contributed by atoms with Crippen LogP contribution in [0, 0.1) is 0 Å². The Hall–Kier alpha value is -2.76. The second-order valence-electron chi connectivity index (χ2n) is 4.91. The zero-order chi connectivity index (χ0) is 14.8. The van der Waals surface area contributed by atoms with Crippen LogP contribution in [0.4, 0.5) is 0 Å². The molecule has 0 saturated carbocycles. The summed E-state index contributed by atoms with van der Waals surface area (Å²) in [7, 11) is 0. The highest BCUT2D eigenvalue weighted by Crippen LogP contribution is 2.18. The van der Waals surface area contributed by atoms with Crippen molar-refractivity contribution in [1.29, 1.82) is 0 Å². The molecule has 1 atom stereocenters. The number of nitrogens with zero attached hydrogens (tertiary/aromatic N) is 4. The van der Waals surface area contributed by atoms with Crippen LogP contribution in [0.2, 0.25) is 0 Å². The maximum atomic E-state index is 11.1. The number of fused-ring (bicyclic) bond motifs is 1. The van der Waals surface area contributed by atoms with Crippen molar-refractivity contribution in [2.75, 3.05) is 0 Å². The maximum Gasteiger partial charge on any atom is 0.328 e. The molecule has 0 aliphatic rings. The lowest BCUT2D eigenvalue weighted by atomic mass is 10.0. The first-order valence-corrected chi connectivity index (χ1v) is 6.62. The van der Waals surface area contributed by atoms with Gasteiger partial charge in [0.2, 0.25) is 0 Å². The minimum atomic E-state index is -0.956. The van der Waals surface area contributed by atoms with E-state index in [9.17, 15) is 4.79 Å². The summed E-state index contributed by atoms with van der Waals surface area (Å²) in [5.41, 5.74) is 1.04. The molecule has 1 heterocycles. The Morgan fingerprint density at radius 3 is 2.76 bits per heavy atom. The first kappa shape index (κ1) is 13.2. The van der Waals surface area contributed by atoms with Crippen molar-refractivity contribution < 1.29 is 9.90 Å². The third-order valence-corrected chi connectivity index (χ3v) is 3.46. The summed E-state index contributed by atoms with van der Waals surface area (Å²) in [6.45, 7) is 1.56. The number of aliphatic carboxylic acids is 1. The van der Waals surface area contributed by atoms with Gasteiger partial charge in [0.15, 0.2) is 5.82 Å². The first-order chi connectivity index (χ1) is 10.1. The molecule has 3 aromatic rings. The summed E-state index contributed by atoms with van der Waals surface area (Å²) in [5, 5.41) is 22.7. The molecule has 0 fully saturated rings. The largest absolute Gasteiger partial charge is 0.480 e. The smallest absolute Gasteiger partial charge is 0.328 e. The molecule has 106 valence electrons. The zero-order valence-electron chi connectivity index (χ0n) is 11.5. The predicted molar refractivity (Wildman–Crippen MR) is 76.9 cm³/mol. The normalized spacial score (nSPS) is 12.4. The Morgan fingerprint density at radius 1 is 1.24 bits per heavy atom. The van der Waals surface area contributed by atoms with Gasteiger partial charge in [0.1, 0.15) is 6.04 Å². The molecule has 0 radical (unpaired) electrons. The summed E-state index contributed by atoms with van der Waals surface area (Å²) in [6.07, 6.45) is 0.495. The molecule has 0 saturated heterocycles. The van der Waals surface area contributed by atoms with Gasteiger partial charge in [-0.2, -0.15) is 0 Å². The fourth-order valence-corrected chi connectivity index (χ4v) is 2.27. The summed E-state index contributed by atoms with van der Waals surface area (Å²) in [5.74, 6) is -0.415. The second-order valence-corrected chi connectivity index (χ2v) is 4.91. The van der Waals surface area contributed by atoms with Crippen LogP contribution in [-0.2, 0) is 11.2 Å². The van der Waals surface area contributed by atoms with Gasteiger partial charge in [0.25, 0.3) is 0 Å². The Bertz CT molecular complexity index is 797. The molecule has 6 nitrogen and oxygen atoms in total. The molecule has 0 aliphatic carbocycles. The highest BCUT2D eigenvalue weighted by molar-refractivity contribution is 5.83. The highest BCUT2D eigenvalue weighted by atomic mass is 16.4. The number of aromatic nitrogens is 4. The van der Waals surface area contributed by atoms with E-state index >= 15 is 0 Å². The Balaban J connectivity index is 1.92. The van der Waals surface area contributed by atoms with Crippen LogP contribution in [0.15, 0.2) is 42.5 Å². The van der Waals surface area contributed by atoms with Crippen molar-refractivity contribution in [2.24, 2.45) is 0 Å². The molecule has 0 amide bonds. The number of benzene rings is 2. The molecule has 2 aromatic carbocycles. The minimum Gasteiger partial charge on any atom is -0.480 e.